The average Bonchev–Trinajstić information content (AvgIpc) is 3.08. The van der Waals surface area contributed by atoms with Crippen molar-refractivity contribution < 1.29 is 18.5 Å². The van der Waals surface area contributed by atoms with Crippen LogP contribution in [0.25, 0.3) is 11.0 Å². The molecule has 0 radical (unpaired) electrons. The lowest BCUT2D eigenvalue weighted by Gasteiger charge is -2.25. The molecule has 0 aliphatic carbocycles. The number of hydrogen-bond donors (Lipinski definition) is 0. The van der Waals surface area contributed by atoms with E-state index in [9.17, 15) is 24.1 Å². The third kappa shape index (κ3) is 3.54. The summed E-state index contributed by atoms with van der Waals surface area (Å²) in [5.74, 6) is -1.02. The van der Waals surface area contributed by atoms with Crippen molar-refractivity contribution in [1.82, 2.24) is 4.90 Å². The summed E-state index contributed by atoms with van der Waals surface area (Å²) in [7, 11) is 0. The minimum Gasteiger partial charge on any atom is -0.450 e. The van der Waals surface area contributed by atoms with Crippen LogP contribution in [0, 0.1) is 15.9 Å². The summed E-state index contributed by atoms with van der Waals surface area (Å²) in [6, 6.07) is 15.0. The van der Waals surface area contributed by atoms with Gasteiger partial charge in [-0.2, -0.15) is 0 Å². The molecule has 0 spiro atoms. The van der Waals surface area contributed by atoms with Gasteiger partial charge in [-0.3, -0.25) is 19.7 Å². The molecular formula is C24H14ClFN2O5. The number of hydrogen-bond acceptors (Lipinski definition) is 5. The molecule has 1 aromatic heterocycles. The first-order valence-electron chi connectivity index (χ1n) is 9.89. The highest BCUT2D eigenvalue weighted by Crippen LogP contribution is 2.39. The van der Waals surface area contributed by atoms with E-state index in [1.807, 2.05) is 0 Å². The molecule has 9 heteroatoms. The van der Waals surface area contributed by atoms with Gasteiger partial charge >= 0.3 is 0 Å². The van der Waals surface area contributed by atoms with Crippen LogP contribution in [-0.4, -0.2) is 15.7 Å². The van der Waals surface area contributed by atoms with Crippen molar-refractivity contribution in [2.75, 3.05) is 0 Å². The molecular weight excluding hydrogens is 451 g/mol. The molecule has 0 fully saturated rings. The maximum Gasteiger partial charge on any atom is 0.291 e. The van der Waals surface area contributed by atoms with E-state index in [0.717, 1.165) is 0 Å². The highest BCUT2D eigenvalue weighted by atomic mass is 35.5. The maximum atomic E-state index is 13.5. The van der Waals surface area contributed by atoms with Gasteiger partial charge in [-0.05, 0) is 53.6 Å². The SMILES string of the molecule is O=C1c2oc3ccc(Cl)cc3c(=O)c2[C@H](c2ccc([N+](=O)[O-])cc2)N1Cc1ccc(F)cc1. The number of nitrogens with zero attached hydrogens (tertiary/aromatic N) is 2. The molecule has 0 unspecified atom stereocenters. The zero-order chi connectivity index (χ0) is 23.3. The Labute approximate surface area is 190 Å². The van der Waals surface area contributed by atoms with Crippen LogP contribution in [0.4, 0.5) is 10.1 Å². The Kier molecular flexibility index (Phi) is 4.94. The van der Waals surface area contributed by atoms with Gasteiger partial charge in [-0.25, -0.2) is 4.39 Å². The number of nitro benzene ring substituents is 1. The molecule has 0 N–H and O–H groups in total. The molecule has 3 aromatic carbocycles. The fourth-order valence-electron chi connectivity index (χ4n) is 4.07. The Morgan fingerprint density at radius 2 is 1.73 bits per heavy atom. The van der Waals surface area contributed by atoms with Crippen molar-refractivity contribution in [2.24, 2.45) is 0 Å². The van der Waals surface area contributed by atoms with Gasteiger partial charge < -0.3 is 9.32 Å². The predicted octanol–water partition coefficient (Wildman–Crippen LogP) is 5.24. The highest BCUT2D eigenvalue weighted by molar-refractivity contribution is 6.31. The Balaban J connectivity index is 1.70. The van der Waals surface area contributed by atoms with Crippen molar-refractivity contribution in [3.8, 4) is 0 Å². The summed E-state index contributed by atoms with van der Waals surface area (Å²) in [6.07, 6.45) is 0. The van der Waals surface area contributed by atoms with Crippen molar-refractivity contribution in [3.05, 3.63) is 120 Å². The Hall–Kier alpha value is -4.04. The average molecular weight is 465 g/mol. The van der Waals surface area contributed by atoms with E-state index in [-0.39, 0.29) is 34.5 Å². The summed E-state index contributed by atoms with van der Waals surface area (Å²) < 4.78 is 19.2. The summed E-state index contributed by atoms with van der Waals surface area (Å²) in [5, 5.41) is 11.7. The van der Waals surface area contributed by atoms with Crippen molar-refractivity contribution in [2.45, 2.75) is 12.6 Å². The molecule has 1 atom stereocenters. The molecule has 0 saturated carbocycles. The molecule has 5 rings (SSSR count). The van der Waals surface area contributed by atoms with Gasteiger partial charge in [0.15, 0.2) is 5.43 Å². The molecule has 0 saturated heterocycles. The van der Waals surface area contributed by atoms with Gasteiger partial charge in [0.1, 0.15) is 11.4 Å². The summed E-state index contributed by atoms with van der Waals surface area (Å²) in [5.41, 5.74) is 0.971. The quantitative estimate of drug-likeness (QED) is 0.304. The van der Waals surface area contributed by atoms with Crippen LogP contribution < -0.4 is 5.43 Å². The van der Waals surface area contributed by atoms with E-state index in [4.69, 9.17) is 16.0 Å². The Morgan fingerprint density at radius 3 is 2.39 bits per heavy atom. The zero-order valence-electron chi connectivity index (χ0n) is 16.8. The second kappa shape index (κ2) is 7.83. The topological polar surface area (TPSA) is 93.7 Å². The van der Waals surface area contributed by atoms with E-state index < -0.39 is 28.1 Å². The molecule has 164 valence electrons. The van der Waals surface area contributed by atoms with Gasteiger partial charge in [0.05, 0.1) is 21.9 Å². The number of carbonyl (C=O) groups is 1. The molecule has 4 aromatic rings. The van der Waals surface area contributed by atoms with E-state index >= 15 is 0 Å². The standard InChI is InChI=1S/C24H14ClFN2O5/c25-15-5-10-19-18(11-15)22(29)20-21(14-3-8-17(9-4-14)28(31)32)27(24(30)23(20)33-19)12-13-1-6-16(26)7-2-13/h1-11,21H,12H2/t21-/m0/s1. The molecule has 7 nitrogen and oxygen atoms in total. The number of nitro groups is 1. The number of non-ortho nitro benzene ring substituents is 1. The normalized spacial score (nSPS) is 15.2. The monoisotopic (exact) mass is 464 g/mol. The van der Waals surface area contributed by atoms with Gasteiger partial charge in [0.25, 0.3) is 11.6 Å². The lowest BCUT2D eigenvalue weighted by atomic mass is 9.98. The lowest BCUT2D eigenvalue weighted by Crippen LogP contribution is -2.29. The van der Waals surface area contributed by atoms with E-state index in [1.165, 1.54) is 53.4 Å². The molecule has 1 aliphatic heterocycles. The van der Waals surface area contributed by atoms with Crippen LogP contribution in [0.2, 0.25) is 5.02 Å². The largest absolute Gasteiger partial charge is 0.450 e. The van der Waals surface area contributed by atoms with Crippen molar-refractivity contribution >= 4 is 34.2 Å². The van der Waals surface area contributed by atoms with Crippen LogP contribution in [-0.2, 0) is 6.54 Å². The second-order valence-corrected chi connectivity index (χ2v) is 8.06. The van der Waals surface area contributed by atoms with Crippen LogP contribution in [0.3, 0.4) is 0 Å². The zero-order valence-corrected chi connectivity index (χ0v) is 17.6. The first kappa shape index (κ1) is 20.8. The Bertz CT molecular complexity index is 1480. The van der Waals surface area contributed by atoms with Gasteiger partial charge in [0, 0.05) is 23.7 Å². The molecule has 1 aliphatic rings. The number of amides is 1. The third-order valence-corrected chi connectivity index (χ3v) is 5.85. The van der Waals surface area contributed by atoms with Crippen LogP contribution in [0.5, 0.6) is 0 Å². The van der Waals surface area contributed by atoms with Gasteiger partial charge in [-0.15, -0.1) is 0 Å². The third-order valence-electron chi connectivity index (χ3n) is 5.61. The van der Waals surface area contributed by atoms with Crippen molar-refractivity contribution in [3.63, 3.8) is 0 Å². The summed E-state index contributed by atoms with van der Waals surface area (Å²) in [4.78, 5) is 38.8. The summed E-state index contributed by atoms with van der Waals surface area (Å²) in [6.45, 7) is 0.0709. The molecule has 2 heterocycles. The van der Waals surface area contributed by atoms with E-state index in [0.29, 0.717) is 16.1 Å². The highest BCUT2D eigenvalue weighted by Gasteiger charge is 2.42. The number of fused-ring (bicyclic) bond motifs is 2. The number of rotatable bonds is 4. The second-order valence-electron chi connectivity index (χ2n) is 7.63. The number of halogens is 2. The van der Waals surface area contributed by atoms with Crippen LogP contribution >= 0.6 is 11.6 Å². The van der Waals surface area contributed by atoms with Crippen LogP contribution in [0.15, 0.2) is 75.9 Å². The minimum atomic E-state index is -0.849. The fraction of sp³-hybridized carbons (Fsp3) is 0.0833. The van der Waals surface area contributed by atoms with E-state index in [1.54, 1.807) is 18.2 Å². The molecule has 1 amide bonds. The first-order chi connectivity index (χ1) is 15.8. The lowest BCUT2D eigenvalue weighted by molar-refractivity contribution is -0.384. The van der Waals surface area contributed by atoms with Gasteiger partial charge in [0.2, 0.25) is 5.76 Å². The van der Waals surface area contributed by atoms with Crippen molar-refractivity contribution in [1.29, 1.82) is 0 Å². The molecule has 33 heavy (non-hydrogen) atoms. The maximum absolute atomic E-state index is 13.5. The number of benzene rings is 3. The van der Waals surface area contributed by atoms with Gasteiger partial charge in [-0.1, -0.05) is 23.7 Å². The molecule has 0 bridgehead atoms. The Morgan fingerprint density at radius 1 is 1.03 bits per heavy atom. The minimum absolute atomic E-state index is 0.0709. The van der Waals surface area contributed by atoms with E-state index in [2.05, 4.69) is 0 Å². The van der Waals surface area contributed by atoms with Crippen LogP contribution in [0.1, 0.15) is 33.3 Å². The summed E-state index contributed by atoms with van der Waals surface area (Å²) >= 11 is 6.07. The fourth-order valence-corrected chi connectivity index (χ4v) is 4.24. The number of carbonyl (C=O) groups excluding carboxylic acids is 1. The smallest absolute Gasteiger partial charge is 0.291 e. The predicted molar refractivity (Wildman–Crippen MR) is 119 cm³/mol. The first-order valence-corrected chi connectivity index (χ1v) is 10.3.